The van der Waals surface area contributed by atoms with Crippen LogP contribution in [0.4, 0.5) is 0 Å². The van der Waals surface area contributed by atoms with Gasteiger partial charge in [-0.2, -0.15) is 0 Å². The Kier molecular flexibility index (Phi) is 3.11. The van der Waals surface area contributed by atoms with Gasteiger partial charge in [0.2, 0.25) is 0 Å². The van der Waals surface area contributed by atoms with Gasteiger partial charge >= 0.3 is 0 Å². The van der Waals surface area contributed by atoms with E-state index in [1.165, 1.54) is 5.56 Å². The molecule has 0 fully saturated rings. The molecule has 1 aromatic carbocycles. The van der Waals surface area contributed by atoms with E-state index >= 15 is 0 Å². The normalized spacial score (nSPS) is 12.6. The van der Waals surface area contributed by atoms with Crippen LogP contribution in [0.25, 0.3) is 0 Å². The van der Waals surface area contributed by atoms with Crippen LogP contribution in [0.15, 0.2) is 24.3 Å². The van der Waals surface area contributed by atoms with Crippen LogP contribution in [0, 0.1) is 6.92 Å². The molecule has 2 N–H and O–H groups in total. The molecule has 0 spiro atoms. The zero-order valence-electron chi connectivity index (χ0n) is 7.58. The second-order valence-corrected chi connectivity index (χ2v) is 2.98. The zero-order chi connectivity index (χ0) is 8.97. The SMILES string of the molecule is Cc1cccc(O[C@@H](C)CN)c1. The first-order valence-corrected chi connectivity index (χ1v) is 4.16. The van der Waals surface area contributed by atoms with E-state index in [1.54, 1.807) is 0 Å². The molecule has 0 saturated heterocycles. The minimum atomic E-state index is 0.0896. The summed E-state index contributed by atoms with van der Waals surface area (Å²) in [5, 5.41) is 0. The van der Waals surface area contributed by atoms with Crippen molar-refractivity contribution in [2.24, 2.45) is 5.73 Å². The second-order valence-electron chi connectivity index (χ2n) is 2.98. The predicted octanol–water partition coefficient (Wildman–Crippen LogP) is 1.72. The van der Waals surface area contributed by atoms with Crippen molar-refractivity contribution in [2.45, 2.75) is 20.0 Å². The maximum absolute atomic E-state index is 5.52. The van der Waals surface area contributed by atoms with Gasteiger partial charge in [-0.05, 0) is 31.5 Å². The van der Waals surface area contributed by atoms with Crippen LogP contribution in [0.5, 0.6) is 5.75 Å². The maximum Gasteiger partial charge on any atom is 0.120 e. The number of hydrogen-bond donors (Lipinski definition) is 1. The predicted molar refractivity (Wildman–Crippen MR) is 50.3 cm³/mol. The number of aryl methyl sites for hydroxylation is 1. The molecule has 0 aromatic heterocycles. The van der Waals surface area contributed by atoms with Gasteiger partial charge in [0.1, 0.15) is 11.9 Å². The summed E-state index contributed by atoms with van der Waals surface area (Å²) in [6.45, 7) is 4.55. The Morgan fingerprint density at radius 1 is 1.50 bits per heavy atom. The molecule has 1 aromatic rings. The van der Waals surface area contributed by atoms with Crippen molar-refractivity contribution in [3.63, 3.8) is 0 Å². The summed E-state index contributed by atoms with van der Waals surface area (Å²) in [5.74, 6) is 0.896. The number of benzene rings is 1. The molecule has 1 atom stereocenters. The van der Waals surface area contributed by atoms with E-state index in [2.05, 4.69) is 0 Å². The molecule has 0 unspecified atom stereocenters. The Labute approximate surface area is 73.3 Å². The number of rotatable bonds is 3. The van der Waals surface area contributed by atoms with E-state index in [1.807, 2.05) is 38.1 Å². The molecule has 0 bridgehead atoms. The van der Waals surface area contributed by atoms with Gasteiger partial charge in [0.05, 0.1) is 0 Å². The third-order valence-corrected chi connectivity index (χ3v) is 1.66. The third kappa shape index (κ3) is 2.55. The second kappa shape index (κ2) is 4.12. The lowest BCUT2D eigenvalue weighted by Crippen LogP contribution is -2.22. The summed E-state index contributed by atoms with van der Waals surface area (Å²) in [4.78, 5) is 0. The molecule has 1 rings (SSSR count). The van der Waals surface area contributed by atoms with Gasteiger partial charge < -0.3 is 10.5 Å². The maximum atomic E-state index is 5.52. The molecule has 2 nitrogen and oxygen atoms in total. The van der Waals surface area contributed by atoms with Crippen LogP contribution < -0.4 is 10.5 Å². The zero-order valence-corrected chi connectivity index (χ0v) is 7.58. The topological polar surface area (TPSA) is 35.2 Å². The van der Waals surface area contributed by atoms with Crippen molar-refractivity contribution >= 4 is 0 Å². The molecule has 66 valence electrons. The first-order chi connectivity index (χ1) is 5.72. The first kappa shape index (κ1) is 9.07. The fourth-order valence-electron chi connectivity index (χ4n) is 0.969. The Balaban J connectivity index is 2.63. The van der Waals surface area contributed by atoms with Gasteiger partial charge in [-0.15, -0.1) is 0 Å². The molecular weight excluding hydrogens is 150 g/mol. The highest BCUT2D eigenvalue weighted by molar-refractivity contribution is 5.27. The van der Waals surface area contributed by atoms with Crippen molar-refractivity contribution in [2.75, 3.05) is 6.54 Å². The average molecular weight is 165 g/mol. The van der Waals surface area contributed by atoms with E-state index < -0.39 is 0 Å². The molecule has 0 amide bonds. The number of hydrogen-bond acceptors (Lipinski definition) is 2. The lowest BCUT2D eigenvalue weighted by Gasteiger charge is -2.12. The van der Waals surface area contributed by atoms with Gasteiger partial charge in [-0.25, -0.2) is 0 Å². The number of ether oxygens (including phenoxy) is 1. The van der Waals surface area contributed by atoms with E-state index in [4.69, 9.17) is 10.5 Å². The van der Waals surface area contributed by atoms with Gasteiger partial charge in [0.25, 0.3) is 0 Å². The van der Waals surface area contributed by atoms with Crippen LogP contribution in [0.3, 0.4) is 0 Å². The van der Waals surface area contributed by atoms with E-state index in [0.29, 0.717) is 6.54 Å². The fourth-order valence-corrected chi connectivity index (χ4v) is 0.969. The molecule has 0 aliphatic carbocycles. The summed E-state index contributed by atoms with van der Waals surface area (Å²) < 4.78 is 5.52. The monoisotopic (exact) mass is 165 g/mol. The van der Waals surface area contributed by atoms with Gasteiger partial charge in [0.15, 0.2) is 0 Å². The molecule has 0 aliphatic rings. The quantitative estimate of drug-likeness (QED) is 0.740. The Morgan fingerprint density at radius 3 is 2.83 bits per heavy atom. The number of nitrogens with two attached hydrogens (primary N) is 1. The van der Waals surface area contributed by atoms with Crippen molar-refractivity contribution < 1.29 is 4.74 Å². The highest BCUT2D eigenvalue weighted by Gasteiger charge is 1.99. The smallest absolute Gasteiger partial charge is 0.120 e. The Morgan fingerprint density at radius 2 is 2.25 bits per heavy atom. The Hall–Kier alpha value is -1.02. The lowest BCUT2D eigenvalue weighted by molar-refractivity contribution is 0.230. The fraction of sp³-hybridized carbons (Fsp3) is 0.400. The van der Waals surface area contributed by atoms with E-state index in [0.717, 1.165) is 5.75 Å². The molecule has 0 radical (unpaired) electrons. The lowest BCUT2D eigenvalue weighted by atomic mass is 10.2. The van der Waals surface area contributed by atoms with E-state index in [-0.39, 0.29) is 6.10 Å². The molecular formula is C10H15NO. The van der Waals surface area contributed by atoms with Gasteiger partial charge in [0, 0.05) is 6.54 Å². The summed E-state index contributed by atoms with van der Waals surface area (Å²) in [6.07, 6.45) is 0.0896. The summed E-state index contributed by atoms with van der Waals surface area (Å²) in [6, 6.07) is 7.97. The highest BCUT2D eigenvalue weighted by Crippen LogP contribution is 2.13. The summed E-state index contributed by atoms with van der Waals surface area (Å²) in [7, 11) is 0. The minimum absolute atomic E-state index is 0.0896. The van der Waals surface area contributed by atoms with Crippen LogP contribution in [-0.4, -0.2) is 12.6 Å². The van der Waals surface area contributed by atoms with Gasteiger partial charge in [-0.1, -0.05) is 12.1 Å². The standard InChI is InChI=1S/C10H15NO/c1-8-4-3-5-10(6-8)12-9(2)7-11/h3-6,9H,7,11H2,1-2H3/t9-/m0/s1. The molecule has 0 saturated carbocycles. The van der Waals surface area contributed by atoms with Gasteiger partial charge in [-0.3, -0.25) is 0 Å². The van der Waals surface area contributed by atoms with Crippen molar-refractivity contribution in [1.29, 1.82) is 0 Å². The van der Waals surface area contributed by atoms with Crippen molar-refractivity contribution in [3.8, 4) is 5.75 Å². The third-order valence-electron chi connectivity index (χ3n) is 1.66. The van der Waals surface area contributed by atoms with E-state index in [9.17, 15) is 0 Å². The molecule has 0 heterocycles. The molecule has 0 aliphatic heterocycles. The first-order valence-electron chi connectivity index (χ1n) is 4.16. The summed E-state index contributed by atoms with van der Waals surface area (Å²) >= 11 is 0. The largest absolute Gasteiger partial charge is 0.489 e. The van der Waals surface area contributed by atoms with Crippen molar-refractivity contribution in [1.82, 2.24) is 0 Å². The van der Waals surface area contributed by atoms with Crippen LogP contribution in [-0.2, 0) is 0 Å². The van der Waals surface area contributed by atoms with Crippen molar-refractivity contribution in [3.05, 3.63) is 29.8 Å². The minimum Gasteiger partial charge on any atom is -0.489 e. The highest BCUT2D eigenvalue weighted by atomic mass is 16.5. The molecule has 12 heavy (non-hydrogen) atoms. The summed E-state index contributed by atoms with van der Waals surface area (Å²) in [5.41, 5.74) is 6.64. The molecule has 2 heteroatoms. The van der Waals surface area contributed by atoms with Crippen LogP contribution >= 0.6 is 0 Å². The van der Waals surface area contributed by atoms with Crippen LogP contribution in [0.2, 0.25) is 0 Å². The average Bonchev–Trinajstić information content (AvgIpc) is 2.04. The van der Waals surface area contributed by atoms with Crippen LogP contribution in [0.1, 0.15) is 12.5 Å². The Bertz CT molecular complexity index is 247.